The summed E-state index contributed by atoms with van der Waals surface area (Å²) in [6.07, 6.45) is 16.4. The van der Waals surface area contributed by atoms with E-state index in [9.17, 15) is 4.79 Å². The van der Waals surface area contributed by atoms with E-state index in [-0.39, 0.29) is 5.97 Å². The molecule has 0 radical (unpaired) electrons. The van der Waals surface area contributed by atoms with Crippen LogP contribution < -0.4 is 0 Å². The van der Waals surface area contributed by atoms with Gasteiger partial charge in [-0.1, -0.05) is 64.7 Å². The van der Waals surface area contributed by atoms with Gasteiger partial charge in [0.05, 0.1) is 7.11 Å². The molecule has 0 rings (SSSR count). The van der Waals surface area contributed by atoms with Crippen LogP contribution in [0.15, 0.2) is 0 Å². The van der Waals surface area contributed by atoms with Crippen molar-refractivity contribution in [3.05, 3.63) is 0 Å². The van der Waals surface area contributed by atoms with Gasteiger partial charge < -0.3 is 4.74 Å². The second-order valence-electron chi connectivity index (χ2n) is 5.83. The zero-order valence-corrected chi connectivity index (χ0v) is 15.1. The highest BCUT2D eigenvalue weighted by molar-refractivity contribution is 7.99. The first kappa shape index (κ1) is 20.8. The Hall–Kier alpha value is -0.180. The van der Waals surface area contributed by atoms with Crippen LogP contribution in [0.2, 0.25) is 0 Å². The van der Waals surface area contributed by atoms with Gasteiger partial charge in [0.2, 0.25) is 0 Å². The summed E-state index contributed by atoms with van der Waals surface area (Å²) in [7, 11) is 1.46. The fraction of sp³-hybridized carbons (Fsp3) is 0.944. The second-order valence-corrected chi connectivity index (χ2v) is 7.05. The molecular weight excluding hydrogens is 280 g/mol. The highest BCUT2D eigenvalue weighted by Crippen LogP contribution is 2.13. The summed E-state index contributed by atoms with van der Waals surface area (Å²) in [4.78, 5) is 10.9. The summed E-state index contributed by atoms with van der Waals surface area (Å²) in [5.41, 5.74) is 0. The molecule has 3 heteroatoms. The standard InChI is InChI=1S/C18H36O2S/c1-3-4-5-13-16-21-17-14-11-9-7-6-8-10-12-15-18(19)20-2/h3-17H2,1-2H3. The highest BCUT2D eigenvalue weighted by atomic mass is 32.2. The highest BCUT2D eigenvalue weighted by Gasteiger charge is 1.99. The van der Waals surface area contributed by atoms with Crippen LogP contribution in [0.1, 0.15) is 90.4 Å². The number of esters is 1. The molecular formula is C18H36O2S. The van der Waals surface area contributed by atoms with E-state index in [4.69, 9.17) is 0 Å². The Kier molecular flexibility index (Phi) is 17.7. The van der Waals surface area contributed by atoms with Gasteiger partial charge in [0.1, 0.15) is 0 Å². The molecule has 0 saturated heterocycles. The molecule has 0 atom stereocenters. The fourth-order valence-corrected chi connectivity index (χ4v) is 3.39. The van der Waals surface area contributed by atoms with Crippen molar-refractivity contribution < 1.29 is 9.53 Å². The molecule has 0 aromatic rings. The van der Waals surface area contributed by atoms with E-state index in [1.54, 1.807) is 0 Å². The summed E-state index contributed by atoms with van der Waals surface area (Å²) in [6, 6.07) is 0. The van der Waals surface area contributed by atoms with Crippen LogP contribution >= 0.6 is 11.8 Å². The predicted octanol–water partition coefficient (Wildman–Crippen LogP) is 5.98. The van der Waals surface area contributed by atoms with Gasteiger partial charge in [-0.25, -0.2) is 0 Å². The maximum absolute atomic E-state index is 10.9. The van der Waals surface area contributed by atoms with Gasteiger partial charge in [-0.15, -0.1) is 0 Å². The Morgan fingerprint density at radius 1 is 0.762 bits per heavy atom. The molecule has 0 aromatic carbocycles. The van der Waals surface area contributed by atoms with Gasteiger partial charge >= 0.3 is 5.97 Å². The number of hydrogen-bond acceptors (Lipinski definition) is 3. The Morgan fingerprint density at radius 3 is 1.76 bits per heavy atom. The van der Waals surface area contributed by atoms with Crippen molar-refractivity contribution in [1.82, 2.24) is 0 Å². The van der Waals surface area contributed by atoms with Crippen molar-refractivity contribution in [3.8, 4) is 0 Å². The molecule has 0 bridgehead atoms. The molecule has 0 amide bonds. The molecule has 0 heterocycles. The van der Waals surface area contributed by atoms with Crippen molar-refractivity contribution in [2.45, 2.75) is 90.4 Å². The molecule has 0 spiro atoms. The van der Waals surface area contributed by atoms with E-state index >= 15 is 0 Å². The third kappa shape index (κ3) is 17.8. The summed E-state index contributed by atoms with van der Waals surface area (Å²) in [5, 5.41) is 0. The molecule has 0 unspecified atom stereocenters. The largest absolute Gasteiger partial charge is 0.469 e. The van der Waals surface area contributed by atoms with E-state index in [1.807, 2.05) is 0 Å². The van der Waals surface area contributed by atoms with Crippen LogP contribution in [0.25, 0.3) is 0 Å². The number of hydrogen-bond donors (Lipinski definition) is 0. The lowest BCUT2D eigenvalue weighted by molar-refractivity contribution is -0.140. The first-order valence-corrected chi connectivity index (χ1v) is 10.1. The number of thioether (sulfide) groups is 1. The topological polar surface area (TPSA) is 26.3 Å². The van der Waals surface area contributed by atoms with Gasteiger partial charge in [-0.2, -0.15) is 11.8 Å². The lowest BCUT2D eigenvalue weighted by atomic mass is 10.1. The zero-order valence-electron chi connectivity index (χ0n) is 14.3. The van der Waals surface area contributed by atoms with Gasteiger partial charge in [-0.05, 0) is 30.8 Å². The number of carbonyl (C=O) groups is 1. The van der Waals surface area contributed by atoms with E-state index in [2.05, 4.69) is 23.4 Å². The van der Waals surface area contributed by atoms with Crippen molar-refractivity contribution in [2.75, 3.05) is 18.6 Å². The maximum Gasteiger partial charge on any atom is 0.305 e. The summed E-state index contributed by atoms with van der Waals surface area (Å²) >= 11 is 2.14. The van der Waals surface area contributed by atoms with Crippen LogP contribution in [0.4, 0.5) is 0 Å². The number of carbonyl (C=O) groups excluding carboxylic acids is 1. The van der Waals surface area contributed by atoms with Crippen LogP contribution in [0.5, 0.6) is 0 Å². The van der Waals surface area contributed by atoms with Crippen LogP contribution in [0.3, 0.4) is 0 Å². The summed E-state index contributed by atoms with van der Waals surface area (Å²) in [6.45, 7) is 2.27. The second kappa shape index (κ2) is 17.9. The molecule has 0 N–H and O–H groups in total. The monoisotopic (exact) mass is 316 g/mol. The van der Waals surface area contributed by atoms with Crippen molar-refractivity contribution >= 4 is 17.7 Å². The predicted molar refractivity (Wildman–Crippen MR) is 95.0 cm³/mol. The maximum atomic E-state index is 10.9. The molecule has 0 saturated carbocycles. The average molecular weight is 317 g/mol. The fourth-order valence-electron chi connectivity index (χ4n) is 2.37. The Labute approximate surface area is 136 Å². The average Bonchev–Trinajstić information content (AvgIpc) is 2.50. The molecule has 0 aliphatic heterocycles. The number of rotatable bonds is 16. The first-order valence-electron chi connectivity index (χ1n) is 8.95. The zero-order chi connectivity index (χ0) is 15.6. The Morgan fingerprint density at radius 2 is 1.24 bits per heavy atom. The van der Waals surface area contributed by atoms with E-state index < -0.39 is 0 Å². The van der Waals surface area contributed by atoms with E-state index in [0.29, 0.717) is 6.42 Å². The molecule has 2 nitrogen and oxygen atoms in total. The summed E-state index contributed by atoms with van der Waals surface area (Å²) < 4.78 is 4.63. The van der Waals surface area contributed by atoms with Crippen LogP contribution in [-0.2, 0) is 9.53 Å². The van der Waals surface area contributed by atoms with Gasteiger partial charge in [-0.3, -0.25) is 4.79 Å². The molecule has 0 aliphatic carbocycles. The molecule has 0 aromatic heterocycles. The van der Waals surface area contributed by atoms with Crippen molar-refractivity contribution in [2.24, 2.45) is 0 Å². The minimum Gasteiger partial charge on any atom is -0.469 e. The molecule has 126 valence electrons. The van der Waals surface area contributed by atoms with E-state index in [1.165, 1.54) is 89.2 Å². The number of methoxy groups -OCH3 is 1. The normalized spacial score (nSPS) is 10.8. The molecule has 0 fully saturated rings. The Balaban J connectivity index is 2.98. The SMILES string of the molecule is CCCCCCSCCCCCCCCCCC(=O)OC. The van der Waals surface area contributed by atoms with Crippen molar-refractivity contribution in [3.63, 3.8) is 0 Å². The smallest absolute Gasteiger partial charge is 0.305 e. The lowest BCUT2D eigenvalue weighted by Gasteiger charge is -2.03. The van der Waals surface area contributed by atoms with Crippen LogP contribution in [0, 0.1) is 0 Å². The minimum absolute atomic E-state index is 0.0674. The summed E-state index contributed by atoms with van der Waals surface area (Å²) in [5.74, 6) is 2.65. The van der Waals surface area contributed by atoms with E-state index in [0.717, 1.165) is 6.42 Å². The van der Waals surface area contributed by atoms with Gasteiger partial charge in [0.25, 0.3) is 0 Å². The third-order valence-corrected chi connectivity index (χ3v) is 4.94. The van der Waals surface area contributed by atoms with Crippen molar-refractivity contribution in [1.29, 1.82) is 0 Å². The van der Waals surface area contributed by atoms with Crippen LogP contribution in [-0.4, -0.2) is 24.6 Å². The first-order chi connectivity index (χ1) is 10.3. The Bertz CT molecular complexity index is 219. The quantitative estimate of drug-likeness (QED) is 0.259. The van der Waals surface area contributed by atoms with Gasteiger partial charge in [0.15, 0.2) is 0 Å². The lowest BCUT2D eigenvalue weighted by Crippen LogP contribution is -1.99. The number of unbranched alkanes of at least 4 members (excludes halogenated alkanes) is 10. The minimum atomic E-state index is -0.0674. The number of ether oxygens (including phenoxy) is 1. The third-order valence-electron chi connectivity index (χ3n) is 3.79. The molecule has 21 heavy (non-hydrogen) atoms. The molecule has 0 aliphatic rings. The van der Waals surface area contributed by atoms with Gasteiger partial charge in [0, 0.05) is 6.42 Å².